The molecular formula is C21H17NO6. The van der Waals surface area contributed by atoms with Crippen LogP contribution in [0.3, 0.4) is 0 Å². The first-order valence-corrected chi connectivity index (χ1v) is 8.63. The molecule has 0 radical (unpaired) electrons. The summed E-state index contributed by atoms with van der Waals surface area (Å²) in [7, 11) is 0. The Morgan fingerprint density at radius 2 is 1.82 bits per heavy atom. The molecule has 0 N–H and O–H groups in total. The quantitative estimate of drug-likeness (QED) is 0.462. The van der Waals surface area contributed by atoms with Gasteiger partial charge < -0.3 is 18.9 Å². The second kappa shape index (κ2) is 6.84. The lowest BCUT2D eigenvalue weighted by Gasteiger charge is -2.10. The molecule has 0 saturated carbocycles. The van der Waals surface area contributed by atoms with E-state index in [1.807, 2.05) is 26.0 Å². The van der Waals surface area contributed by atoms with E-state index in [2.05, 4.69) is 4.99 Å². The number of fused-ring (bicyclic) bond motifs is 1. The highest BCUT2D eigenvalue weighted by Gasteiger charge is 2.26. The summed E-state index contributed by atoms with van der Waals surface area (Å²) in [5.41, 5.74) is 3.14. The highest BCUT2D eigenvalue weighted by atomic mass is 16.7. The van der Waals surface area contributed by atoms with Crippen molar-refractivity contribution in [1.29, 1.82) is 0 Å². The lowest BCUT2D eigenvalue weighted by atomic mass is 10.0. The van der Waals surface area contributed by atoms with Crippen molar-refractivity contribution in [3.63, 3.8) is 0 Å². The Kier molecular flexibility index (Phi) is 4.35. The van der Waals surface area contributed by atoms with Gasteiger partial charge in [-0.1, -0.05) is 0 Å². The van der Waals surface area contributed by atoms with Gasteiger partial charge in [-0.25, -0.2) is 9.79 Å². The number of carbonyl (C=O) groups is 2. The summed E-state index contributed by atoms with van der Waals surface area (Å²) in [4.78, 5) is 27.8. The number of rotatable bonds is 3. The van der Waals surface area contributed by atoms with Gasteiger partial charge in [0.25, 0.3) is 0 Å². The lowest BCUT2D eigenvalue weighted by molar-refractivity contribution is -0.132. The van der Waals surface area contributed by atoms with Crippen LogP contribution in [0.1, 0.15) is 29.2 Å². The van der Waals surface area contributed by atoms with Gasteiger partial charge in [-0.3, -0.25) is 4.79 Å². The summed E-state index contributed by atoms with van der Waals surface area (Å²) in [6.07, 6.45) is 1.64. The van der Waals surface area contributed by atoms with Gasteiger partial charge in [0.05, 0.1) is 0 Å². The maximum atomic E-state index is 12.2. The largest absolute Gasteiger partial charge is 0.454 e. The third-order valence-electron chi connectivity index (χ3n) is 4.27. The normalized spacial score (nSPS) is 16.2. The first kappa shape index (κ1) is 17.8. The minimum atomic E-state index is -0.535. The van der Waals surface area contributed by atoms with E-state index >= 15 is 0 Å². The van der Waals surface area contributed by atoms with Crippen molar-refractivity contribution in [3.05, 3.63) is 58.3 Å². The molecule has 0 spiro atoms. The van der Waals surface area contributed by atoms with Gasteiger partial charge >= 0.3 is 11.9 Å². The number of ether oxygens (including phenoxy) is 4. The van der Waals surface area contributed by atoms with E-state index in [4.69, 9.17) is 18.9 Å². The zero-order valence-electron chi connectivity index (χ0n) is 15.6. The SMILES string of the molecule is CC(=O)Oc1c(C)cc(/C=C2\N=C(c3ccc4c(c3)OCO4)OC2=O)cc1C. The molecule has 2 aromatic rings. The van der Waals surface area contributed by atoms with E-state index in [1.165, 1.54) is 6.92 Å². The van der Waals surface area contributed by atoms with Gasteiger partial charge in [0.2, 0.25) is 12.7 Å². The molecule has 142 valence electrons. The van der Waals surface area contributed by atoms with E-state index in [0.717, 1.165) is 16.7 Å². The van der Waals surface area contributed by atoms with Gasteiger partial charge in [-0.05, 0) is 66.9 Å². The molecule has 7 nitrogen and oxygen atoms in total. The van der Waals surface area contributed by atoms with E-state index < -0.39 is 5.97 Å². The van der Waals surface area contributed by atoms with Gasteiger partial charge in [0.15, 0.2) is 17.2 Å². The number of cyclic esters (lactones) is 1. The number of aliphatic imine (C=N–C) groups is 1. The van der Waals surface area contributed by atoms with Crippen molar-refractivity contribution >= 4 is 23.9 Å². The summed E-state index contributed by atoms with van der Waals surface area (Å²) in [5, 5.41) is 0. The maximum absolute atomic E-state index is 12.2. The van der Waals surface area contributed by atoms with Crippen molar-refractivity contribution in [2.45, 2.75) is 20.8 Å². The van der Waals surface area contributed by atoms with Crippen molar-refractivity contribution < 1.29 is 28.5 Å². The van der Waals surface area contributed by atoms with Crippen LogP contribution in [-0.4, -0.2) is 24.6 Å². The van der Waals surface area contributed by atoms with Crippen LogP contribution in [0, 0.1) is 13.8 Å². The van der Waals surface area contributed by atoms with Crippen LogP contribution in [0.15, 0.2) is 41.0 Å². The first-order chi connectivity index (χ1) is 13.4. The third-order valence-corrected chi connectivity index (χ3v) is 4.27. The molecule has 0 aliphatic carbocycles. The van der Waals surface area contributed by atoms with Crippen LogP contribution in [0.2, 0.25) is 0 Å². The van der Waals surface area contributed by atoms with Gasteiger partial charge in [-0.2, -0.15) is 0 Å². The Balaban J connectivity index is 1.65. The Morgan fingerprint density at radius 3 is 2.54 bits per heavy atom. The number of nitrogens with zero attached hydrogens (tertiary/aromatic N) is 1. The van der Waals surface area contributed by atoms with Crippen molar-refractivity contribution in [2.75, 3.05) is 6.79 Å². The topological polar surface area (TPSA) is 83.4 Å². The fourth-order valence-electron chi connectivity index (χ4n) is 3.09. The molecule has 0 fully saturated rings. The van der Waals surface area contributed by atoms with Crippen LogP contribution >= 0.6 is 0 Å². The van der Waals surface area contributed by atoms with Crippen LogP contribution in [0.4, 0.5) is 0 Å². The molecule has 2 heterocycles. The monoisotopic (exact) mass is 379 g/mol. The van der Waals surface area contributed by atoms with Crippen LogP contribution < -0.4 is 14.2 Å². The van der Waals surface area contributed by atoms with Gasteiger partial charge in [0, 0.05) is 12.5 Å². The lowest BCUT2D eigenvalue weighted by Crippen LogP contribution is -2.05. The predicted octanol–water partition coefficient (Wildman–Crippen LogP) is 3.30. The zero-order valence-corrected chi connectivity index (χ0v) is 15.6. The van der Waals surface area contributed by atoms with Gasteiger partial charge in [0.1, 0.15) is 5.75 Å². The maximum Gasteiger partial charge on any atom is 0.363 e. The minimum Gasteiger partial charge on any atom is -0.454 e. The van der Waals surface area contributed by atoms with Crippen molar-refractivity contribution in [2.24, 2.45) is 4.99 Å². The number of hydrogen-bond acceptors (Lipinski definition) is 7. The Morgan fingerprint density at radius 1 is 1.11 bits per heavy atom. The number of carbonyl (C=O) groups excluding carboxylic acids is 2. The summed E-state index contributed by atoms with van der Waals surface area (Å²) in [6, 6.07) is 8.86. The summed E-state index contributed by atoms with van der Waals surface area (Å²) < 4.78 is 21.2. The molecule has 0 aromatic heterocycles. The average Bonchev–Trinajstić information content (AvgIpc) is 3.24. The standard InChI is InChI=1S/C21H17NO6/c1-11-6-14(7-12(2)19(11)27-13(3)23)8-16-21(24)28-20(22-16)15-4-5-17-18(9-15)26-10-25-17/h4-9H,10H2,1-3H3/b16-8-. The second-order valence-electron chi connectivity index (χ2n) is 6.48. The van der Waals surface area contributed by atoms with E-state index in [-0.39, 0.29) is 24.4 Å². The van der Waals surface area contributed by atoms with Crippen molar-refractivity contribution in [3.8, 4) is 17.2 Å². The fraction of sp³-hybridized carbons (Fsp3) is 0.190. The molecule has 4 rings (SSSR count). The molecular weight excluding hydrogens is 362 g/mol. The molecule has 2 aliphatic rings. The zero-order chi connectivity index (χ0) is 19.8. The Hall–Kier alpha value is -3.61. The summed E-state index contributed by atoms with van der Waals surface area (Å²) in [5.74, 6) is 1.04. The highest BCUT2D eigenvalue weighted by molar-refractivity contribution is 6.13. The molecule has 0 unspecified atom stereocenters. The molecule has 2 aliphatic heterocycles. The fourth-order valence-corrected chi connectivity index (χ4v) is 3.09. The van der Waals surface area contributed by atoms with Crippen LogP contribution in [0.5, 0.6) is 17.2 Å². The number of aryl methyl sites for hydroxylation is 2. The number of hydrogen-bond donors (Lipinski definition) is 0. The highest BCUT2D eigenvalue weighted by Crippen LogP contribution is 2.34. The molecule has 0 bridgehead atoms. The Labute approximate surface area is 161 Å². The second-order valence-corrected chi connectivity index (χ2v) is 6.48. The smallest absolute Gasteiger partial charge is 0.363 e. The van der Waals surface area contributed by atoms with E-state index in [9.17, 15) is 9.59 Å². The van der Waals surface area contributed by atoms with Crippen LogP contribution in [0.25, 0.3) is 6.08 Å². The molecule has 0 saturated heterocycles. The van der Waals surface area contributed by atoms with E-state index in [0.29, 0.717) is 22.8 Å². The van der Waals surface area contributed by atoms with E-state index in [1.54, 1.807) is 24.3 Å². The summed E-state index contributed by atoms with van der Waals surface area (Å²) in [6.45, 7) is 5.19. The molecule has 28 heavy (non-hydrogen) atoms. The first-order valence-electron chi connectivity index (χ1n) is 8.63. The molecule has 0 atom stereocenters. The molecule has 0 amide bonds. The number of esters is 2. The summed E-state index contributed by atoms with van der Waals surface area (Å²) >= 11 is 0. The van der Waals surface area contributed by atoms with Gasteiger partial charge in [-0.15, -0.1) is 0 Å². The van der Waals surface area contributed by atoms with Crippen LogP contribution in [-0.2, 0) is 14.3 Å². The van der Waals surface area contributed by atoms with Crippen molar-refractivity contribution in [1.82, 2.24) is 0 Å². The molecule has 2 aromatic carbocycles. The molecule has 7 heteroatoms. The minimum absolute atomic E-state index is 0.165. The number of benzene rings is 2. The Bertz CT molecular complexity index is 1040. The third kappa shape index (κ3) is 3.34. The average molecular weight is 379 g/mol. The predicted molar refractivity (Wildman–Crippen MR) is 100 cm³/mol.